The van der Waals surface area contributed by atoms with Gasteiger partial charge < -0.3 is 20.1 Å². The number of nitrogens with one attached hydrogen (secondary N) is 1. The third kappa shape index (κ3) is 2.76. The number of amides is 4. The molecule has 2 bridgehead atoms. The van der Waals surface area contributed by atoms with Gasteiger partial charge in [0.2, 0.25) is 11.8 Å². The summed E-state index contributed by atoms with van der Waals surface area (Å²) in [7, 11) is 0. The second kappa shape index (κ2) is 6.40. The monoisotopic (exact) mass is 383 g/mol. The Balaban J connectivity index is 1.96. The minimum absolute atomic E-state index is 0.196. The Morgan fingerprint density at radius 2 is 2.00 bits per heavy atom. The molecule has 3 saturated heterocycles. The van der Waals surface area contributed by atoms with Gasteiger partial charge in [-0.1, -0.05) is 6.58 Å². The molecule has 11 heteroatoms. The number of carbonyl (C=O) groups is 5. The summed E-state index contributed by atoms with van der Waals surface area (Å²) in [4.78, 5) is 61.7. The molecule has 0 radical (unpaired) electrons. The van der Waals surface area contributed by atoms with Gasteiger partial charge in [-0.05, 0) is 31.4 Å². The molecule has 0 aliphatic carbocycles. The van der Waals surface area contributed by atoms with Gasteiger partial charge in [-0.3, -0.25) is 19.2 Å². The molecule has 0 spiro atoms. The van der Waals surface area contributed by atoms with Crippen LogP contribution in [0.4, 0.5) is 0 Å². The van der Waals surface area contributed by atoms with Crippen LogP contribution in [0, 0.1) is 0 Å². The molecule has 0 aromatic carbocycles. The molecule has 0 aromatic heterocycles. The van der Waals surface area contributed by atoms with E-state index in [4.69, 9.17) is 4.74 Å². The van der Waals surface area contributed by atoms with E-state index >= 15 is 0 Å². The number of hydrogen-bond donors (Lipinski definition) is 2. The molecular formula is C15H17N3O7S. The largest absolute Gasteiger partial charge is 0.479 e. The SMILES string of the molecule is C=C(C)C(C(=O)O)N1C(=O)C2OC(C)C(=O)NC3CC(=O)N(SC21)C3=O. The van der Waals surface area contributed by atoms with Crippen LogP contribution in [0.1, 0.15) is 20.3 Å². The van der Waals surface area contributed by atoms with E-state index < -0.39 is 59.3 Å². The molecule has 3 heterocycles. The number of fused-ring (bicyclic) bond motifs is 3. The zero-order chi connectivity index (χ0) is 19.3. The first kappa shape index (κ1) is 18.4. The van der Waals surface area contributed by atoms with Gasteiger partial charge in [-0.25, -0.2) is 9.10 Å². The van der Waals surface area contributed by atoms with E-state index in [1.165, 1.54) is 13.8 Å². The fourth-order valence-corrected chi connectivity index (χ4v) is 4.30. The lowest BCUT2D eigenvalue weighted by Crippen LogP contribution is -2.70. The van der Waals surface area contributed by atoms with Crippen molar-refractivity contribution in [2.24, 2.45) is 0 Å². The molecule has 10 nitrogen and oxygen atoms in total. The molecule has 3 fully saturated rings. The van der Waals surface area contributed by atoms with Crippen LogP contribution in [0.2, 0.25) is 0 Å². The molecule has 4 amide bonds. The van der Waals surface area contributed by atoms with Gasteiger partial charge in [0.05, 0.1) is 6.42 Å². The van der Waals surface area contributed by atoms with E-state index in [-0.39, 0.29) is 12.0 Å². The van der Waals surface area contributed by atoms with Gasteiger partial charge in [0.15, 0.2) is 12.1 Å². The number of rotatable bonds is 3. The number of carbonyl (C=O) groups excluding carboxylic acids is 4. The third-order valence-electron chi connectivity index (χ3n) is 4.36. The lowest BCUT2D eigenvalue weighted by molar-refractivity contribution is -0.181. The van der Waals surface area contributed by atoms with Crippen molar-refractivity contribution in [1.82, 2.24) is 14.5 Å². The summed E-state index contributed by atoms with van der Waals surface area (Å²) >= 11 is 0.733. The van der Waals surface area contributed by atoms with Crippen molar-refractivity contribution >= 4 is 41.5 Å². The van der Waals surface area contributed by atoms with Gasteiger partial charge in [-0.15, -0.1) is 0 Å². The van der Waals surface area contributed by atoms with Crippen molar-refractivity contribution in [3.8, 4) is 0 Å². The zero-order valence-electron chi connectivity index (χ0n) is 14.0. The van der Waals surface area contributed by atoms with E-state index in [2.05, 4.69) is 11.9 Å². The standard InChI is InChI=1S/C15H17N3O7S/c1-5(2)9(15(23)24)17-13(22)10-14(17)26-18-8(19)4-7(12(18)21)16-11(20)6(3)25-10/h6-7,9-10,14H,1,4H2,2-3H3,(H,16,20)(H,23,24). The molecule has 2 N–H and O–H groups in total. The number of carboxylic acids is 1. The topological polar surface area (TPSA) is 133 Å². The average Bonchev–Trinajstić information content (AvgIpc) is 2.80. The number of imide groups is 1. The van der Waals surface area contributed by atoms with Crippen LogP contribution in [-0.2, 0) is 28.7 Å². The molecule has 3 aliphatic rings. The smallest absolute Gasteiger partial charge is 0.330 e. The molecule has 0 saturated carbocycles. The van der Waals surface area contributed by atoms with Crippen LogP contribution in [0.25, 0.3) is 0 Å². The Morgan fingerprint density at radius 3 is 2.58 bits per heavy atom. The van der Waals surface area contributed by atoms with E-state index in [9.17, 15) is 29.1 Å². The summed E-state index contributed by atoms with van der Waals surface area (Å²) in [6.07, 6.45) is -2.39. The normalized spacial score (nSPS) is 32.5. The lowest BCUT2D eigenvalue weighted by Gasteiger charge is -2.49. The molecular weight excluding hydrogens is 366 g/mol. The van der Waals surface area contributed by atoms with E-state index in [1.807, 2.05) is 0 Å². The minimum Gasteiger partial charge on any atom is -0.479 e. The van der Waals surface area contributed by atoms with E-state index in [0.717, 1.165) is 21.2 Å². The van der Waals surface area contributed by atoms with Crippen molar-refractivity contribution < 1.29 is 33.8 Å². The number of hydrogen-bond acceptors (Lipinski definition) is 7. The highest BCUT2D eigenvalue weighted by atomic mass is 32.2. The first-order valence-corrected chi connectivity index (χ1v) is 8.67. The number of ether oxygens (including phenoxy) is 1. The maximum Gasteiger partial charge on any atom is 0.330 e. The Kier molecular flexibility index (Phi) is 4.53. The van der Waals surface area contributed by atoms with Crippen LogP contribution in [0.15, 0.2) is 12.2 Å². The van der Waals surface area contributed by atoms with Crippen molar-refractivity contribution in [1.29, 1.82) is 0 Å². The molecule has 5 unspecified atom stereocenters. The summed E-state index contributed by atoms with van der Waals surface area (Å²) in [5, 5.41) is 10.9. The Labute approximate surface area is 152 Å². The van der Waals surface area contributed by atoms with Crippen molar-refractivity contribution in [2.45, 2.75) is 49.9 Å². The van der Waals surface area contributed by atoms with Gasteiger partial charge >= 0.3 is 5.97 Å². The predicted octanol–water partition coefficient (Wildman–Crippen LogP) is -1.14. The Hall–Kier alpha value is -2.40. The maximum absolute atomic E-state index is 12.5. The second-order valence-electron chi connectivity index (χ2n) is 6.32. The summed E-state index contributed by atoms with van der Waals surface area (Å²) in [6.45, 7) is 6.47. The number of aliphatic carboxylic acids is 1. The van der Waals surface area contributed by atoms with Crippen molar-refractivity contribution in [2.75, 3.05) is 0 Å². The highest BCUT2D eigenvalue weighted by Gasteiger charge is 2.58. The number of carboxylic acid groups (broad SMARTS) is 1. The number of β-lactam (4-membered cyclic amide) rings is 1. The predicted molar refractivity (Wildman–Crippen MR) is 87.2 cm³/mol. The first-order valence-electron chi connectivity index (χ1n) is 7.83. The zero-order valence-corrected chi connectivity index (χ0v) is 14.8. The molecule has 140 valence electrons. The quantitative estimate of drug-likeness (QED) is 0.270. The van der Waals surface area contributed by atoms with E-state index in [1.54, 1.807) is 0 Å². The Morgan fingerprint density at radius 1 is 1.35 bits per heavy atom. The van der Waals surface area contributed by atoms with Gasteiger partial charge in [0.1, 0.15) is 17.5 Å². The van der Waals surface area contributed by atoms with Crippen LogP contribution in [0.5, 0.6) is 0 Å². The molecule has 3 aliphatic heterocycles. The maximum atomic E-state index is 12.5. The summed E-state index contributed by atoms with van der Waals surface area (Å²) in [5.41, 5.74) is 0.213. The summed E-state index contributed by atoms with van der Waals surface area (Å²) in [5.74, 6) is -3.69. The summed E-state index contributed by atoms with van der Waals surface area (Å²) in [6, 6.07) is -2.32. The second-order valence-corrected chi connectivity index (χ2v) is 7.38. The van der Waals surface area contributed by atoms with E-state index in [0.29, 0.717) is 0 Å². The lowest BCUT2D eigenvalue weighted by atomic mass is 10.0. The molecule has 5 atom stereocenters. The highest BCUT2D eigenvalue weighted by Crippen LogP contribution is 2.40. The van der Waals surface area contributed by atoms with Crippen molar-refractivity contribution in [3.05, 3.63) is 12.2 Å². The molecule has 26 heavy (non-hydrogen) atoms. The fraction of sp³-hybridized carbons (Fsp3) is 0.533. The van der Waals surface area contributed by atoms with Crippen LogP contribution >= 0.6 is 11.9 Å². The van der Waals surface area contributed by atoms with Gasteiger partial charge in [-0.2, -0.15) is 0 Å². The van der Waals surface area contributed by atoms with Gasteiger partial charge in [0.25, 0.3) is 11.8 Å². The molecule has 3 rings (SSSR count). The highest BCUT2D eigenvalue weighted by molar-refractivity contribution is 7.98. The van der Waals surface area contributed by atoms with Crippen molar-refractivity contribution in [3.63, 3.8) is 0 Å². The number of likely N-dealkylation sites (tertiary alicyclic amines) is 1. The third-order valence-corrected chi connectivity index (χ3v) is 5.65. The minimum atomic E-state index is -1.32. The Bertz CT molecular complexity index is 725. The van der Waals surface area contributed by atoms with Gasteiger partial charge in [0, 0.05) is 0 Å². The van der Waals surface area contributed by atoms with Crippen LogP contribution in [-0.4, -0.2) is 73.6 Å². The van der Waals surface area contributed by atoms with Crippen LogP contribution in [0.3, 0.4) is 0 Å². The van der Waals surface area contributed by atoms with Crippen LogP contribution < -0.4 is 5.32 Å². The first-order chi connectivity index (χ1) is 12.1. The average molecular weight is 383 g/mol. The number of nitrogens with zero attached hydrogens (tertiary/aromatic N) is 2. The summed E-state index contributed by atoms with van der Waals surface area (Å²) < 4.78 is 6.35. The fourth-order valence-electron chi connectivity index (χ4n) is 3.04. The molecule has 0 aromatic rings.